The van der Waals surface area contributed by atoms with Gasteiger partial charge in [0.15, 0.2) is 0 Å². The molecule has 0 spiro atoms. The van der Waals surface area contributed by atoms with Gasteiger partial charge in [-0.25, -0.2) is 0 Å². The molecule has 0 aliphatic rings. The summed E-state index contributed by atoms with van der Waals surface area (Å²) >= 11 is 0. The van der Waals surface area contributed by atoms with Gasteiger partial charge in [-0.05, 0) is 37.1 Å². The highest BCUT2D eigenvalue weighted by Gasteiger charge is 2.10. The summed E-state index contributed by atoms with van der Waals surface area (Å²) in [5.74, 6) is 0. The normalized spacial score (nSPS) is 11.4. The first kappa shape index (κ1) is 16.0. The van der Waals surface area contributed by atoms with Crippen molar-refractivity contribution in [1.82, 2.24) is 5.32 Å². The van der Waals surface area contributed by atoms with Gasteiger partial charge in [-0.15, -0.1) is 0 Å². The van der Waals surface area contributed by atoms with Gasteiger partial charge in [0.05, 0.1) is 12.1 Å². The number of hydrogen-bond donors (Lipinski definition) is 1. The molecule has 4 nitrogen and oxygen atoms in total. The molecule has 0 saturated heterocycles. The maximum atomic E-state index is 8.79. The second kappa shape index (κ2) is 8.96. The quantitative estimate of drug-likeness (QED) is 0.738. The molecule has 0 aliphatic carbocycles. The summed E-state index contributed by atoms with van der Waals surface area (Å²) in [4.78, 5) is 1.77. The van der Waals surface area contributed by atoms with Crippen molar-refractivity contribution in [1.29, 1.82) is 10.5 Å². The lowest BCUT2D eigenvalue weighted by atomic mass is 10.0. The number of nitrogens with one attached hydrogen (secondary N) is 1. The molecule has 20 heavy (non-hydrogen) atoms. The first-order valence-corrected chi connectivity index (χ1v) is 7.09. The fourth-order valence-corrected chi connectivity index (χ4v) is 2.14. The molecule has 4 heteroatoms. The largest absolute Gasteiger partial charge is 0.345 e. The molecule has 0 heterocycles. The topological polar surface area (TPSA) is 62.9 Å². The van der Waals surface area contributed by atoms with Crippen molar-refractivity contribution >= 4 is 5.69 Å². The van der Waals surface area contributed by atoms with E-state index in [1.165, 1.54) is 5.56 Å². The zero-order valence-electron chi connectivity index (χ0n) is 12.3. The Morgan fingerprint density at radius 1 is 1.10 bits per heavy atom. The number of nitrogens with zero attached hydrogens (tertiary/aromatic N) is 3. The number of nitriles is 2. The van der Waals surface area contributed by atoms with Gasteiger partial charge in [-0.2, -0.15) is 10.5 Å². The lowest BCUT2D eigenvalue weighted by Crippen LogP contribution is -2.24. The highest BCUT2D eigenvalue weighted by atomic mass is 15.1. The molecule has 0 saturated carbocycles. The number of anilines is 1. The van der Waals surface area contributed by atoms with Gasteiger partial charge in [-0.1, -0.05) is 26.0 Å². The summed E-state index contributed by atoms with van der Waals surface area (Å²) in [5.41, 5.74) is 2.17. The van der Waals surface area contributed by atoms with Gasteiger partial charge in [0, 0.05) is 11.7 Å². The Morgan fingerprint density at radius 3 is 2.15 bits per heavy atom. The van der Waals surface area contributed by atoms with Crippen molar-refractivity contribution in [2.45, 2.75) is 32.7 Å². The Hall–Kier alpha value is -2.04. The van der Waals surface area contributed by atoms with Gasteiger partial charge in [0.1, 0.15) is 13.1 Å². The van der Waals surface area contributed by atoms with Gasteiger partial charge < -0.3 is 10.2 Å². The molecule has 1 N–H and O–H groups in total. The van der Waals surface area contributed by atoms with Crippen molar-refractivity contribution in [3.05, 3.63) is 29.8 Å². The van der Waals surface area contributed by atoms with E-state index in [0.717, 1.165) is 25.1 Å². The standard InChI is InChI=1S/C16H22N4/c1-3-11-19-16(4-2)14-5-7-15(8-6-14)20(12-9-17)13-10-18/h5-8,16,19H,3-4,11-13H2,1-2H3. The SMILES string of the molecule is CCCNC(CC)c1ccc(N(CC#N)CC#N)cc1. The van der Waals surface area contributed by atoms with Gasteiger partial charge in [-0.3, -0.25) is 0 Å². The average Bonchev–Trinajstić information content (AvgIpc) is 2.48. The first-order valence-electron chi connectivity index (χ1n) is 7.09. The van der Waals surface area contributed by atoms with Crippen LogP contribution in [0, 0.1) is 22.7 Å². The first-order chi connectivity index (χ1) is 9.76. The molecule has 0 radical (unpaired) electrons. The lowest BCUT2D eigenvalue weighted by Gasteiger charge is -2.21. The second-order valence-electron chi connectivity index (χ2n) is 4.68. The summed E-state index contributed by atoms with van der Waals surface area (Å²) < 4.78 is 0. The molecule has 1 unspecified atom stereocenters. The minimum Gasteiger partial charge on any atom is -0.345 e. The molecule has 0 aliphatic heterocycles. The molecule has 0 aromatic heterocycles. The maximum absolute atomic E-state index is 8.79. The number of rotatable bonds is 8. The summed E-state index contributed by atoms with van der Waals surface area (Å²) in [7, 11) is 0. The molecule has 1 aromatic rings. The van der Waals surface area contributed by atoms with Crippen molar-refractivity contribution in [2.75, 3.05) is 24.5 Å². The van der Waals surface area contributed by atoms with Crippen LogP contribution in [0.3, 0.4) is 0 Å². The predicted molar refractivity (Wildman–Crippen MR) is 81.2 cm³/mol. The lowest BCUT2D eigenvalue weighted by molar-refractivity contribution is 0.518. The van der Waals surface area contributed by atoms with Crippen molar-refractivity contribution < 1.29 is 0 Å². The minimum atomic E-state index is 0.234. The number of benzene rings is 1. The summed E-state index contributed by atoms with van der Waals surface area (Å²) in [6, 6.07) is 12.7. The molecule has 0 bridgehead atoms. The van der Waals surface area contributed by atoms with Gasteiger partial charge in [0.2, 0.25) is 0 Å². The van der Waals surface area contributed by atoms with Crippen LogP contribution >= 0.6 is 0 Å². The molecule has 106 valence electrons. The zero-order chi connectivity index (χ0) is 14.8. The van der Waals surface area contributed by atoms with E-state index < -0.39 is 0 Å². The summed E-state index contributed by atoms with van der Waals surface area (Å²) in [6.45, 7) is 5.80. The Balaban J connectivity index is 2.81. The van der Waals surface area contributed by atoms with Crippen LogP contribution in [-0.4, -0.2) is 19.6 Å². The Morgan fingerprint density at radius 2 is 1.70 bits per heavy atom. The molecule has 1 aromatic carbocycles. The van der Waals surface area contributed by atoms with E-state index in [4.69, 9.17) is 10.5 Å². The number of hydrogen-bond acceptors (Lipinski definition) is 4. The monoisotopic (exact) mass is 270 g/mol. The second-order valence-corrected chi connectivity index (χ2v) is 4.68. The van der Waals surface area contributed by atoms with Crippen molar-refractivity contribution in [3.63, 3.8) is 0 Å². The molecular weight excluding hydrogens is 248 g/mol. The van der Waals surface area contributed by atoms with Gasteiger partial charge in [0.25, 0.3) is 0 Å². The fourth-order valence-electron chi connectivity index (χ4n) is 2.14. The Kier molecular flexibility index (Phi) is 7.17. The van der Waals surface area contributed by atoms with E-state index in [-0.39, 0.29) is 13.1 Å². The zero-order valence-corrected chi connectivity index (χ0v) is 12.3. The highest BCUT2D eigenvalue weighted by Crippen LogP contribution is 2.21. The van der Waals surface area contributed by atoms with E-state index in [1.54, 1.807) is 4.90 Å². The fraction of sp³-hybridized carbons (Fsp3) is 0.500. The summed E-state index contributed by atoms with van der Waals surface area (Å²) in [6.07, 6.45) is 2.16. The van der Waals surface area contributed by atoms with E-state index >= 15 is 0 Å². The molecule has 1 atom stereocenters. The van der Waals surface area contributed by atoms with Crippen LogP contribution < -0.4 is 10.2 Å². The van der Waals surface area contributed by atoms with Crippen LogP contribution in [0.15, 0.2) is 24.3 Å². The van der Waals surface area contributed by atoms with Crippen molar-refractivity contribution in [2.24, 2.45) is 0 Å². The minimum absolute atomic E-state index is 0.234. The average molecular weight is 270 g/mol. The van der Waals surface area contributed by atoms with Crippen LogP contribution in [0.1, 0.15) is 38.3 Å². The third kappa shape index (κ3) is 4.57. The van der Waals surface area contributed by atoms with E-state index in [1.807, 2.05) is 12.1 Å². The molecular formula is C16H22N4. The predicted octanol–water partition coefficient (Wildman–Crippen LogP) is 2.99. The van der Waals surface area contributed by atoms with Gasteiger partial charge >= 0.3 is 0 Å². The molecule has 1 rings (SSSR count). The third-order valence-electron chi connectivity index (χ3n) is 3.23. The van der Waals surface area contributed by atoms with Crippen LogP contribution in [-0.2, 0) is 0 Å². The van der Waals surface area contributed by atoms with Crippen LogP contribution in [0.2, 0.25) is 0 Å². The van der Waals surface area contributed by atoms with Crippen molar-refractivity contribution in [3.8, 4) is 12.1 Å². The van der Waals surface area contributed by atoms with E-state index in [0.29, 0.717) is 6.04 Å². The Bertz CT molecular complexity index is 451. The molecule has 0 fully saturated rings. The summed E-state index contributed by atoms with van der Waals surface area (Å²) in [5, 5.41) is 21.1. The smallest absolute Gasteiger partial charge is 0.106 e. The van der Waals surface area contributed by atoms with Crippen LogP contribution in [0.4, 0.5) is 5.69 Å². The Labute approximate surface area is 121 Å². The maximum Gasteiger partial charge on any atom is 0.106 e. The highest BCUT2D eigenvalue weighted by molar-refractivity contribution is 5.49. The molecule has 0 amide bonds. The van der Waals surface area contributed by atoms with Crippen LogP contribution in [0.5, 0.6) is 0 Å². The third-order valence-corrected chi connectivity index (χ3v) is 3.23. The van der Waals surface area contributed by atoms with E-state index in [9.17, 15) is 0 Å². The van der Waals surface area contributed by atoms with Crippen LogP contribution in [0.25, 0.3) is 0 Å². The van der Waals surface area contributed by atoms with E-state index in [2.05, 4.69) is 43.4 Å².